The number of halogens is 3. The summed E-state index contributed by atoms with van der Waals surface area (Å²) in [4.78, 5) is 16.5. The van der Waals surface area contributed by atoms with Gasteiger partial charge >= 0.3 is 0 Å². The molecule has 6 nitrogen and oxygen atoms in total. The van der Waals surface area contributed by atoms with E-state index in [4.69, 9.17) is 39.9 Å². The van der Waals surface area contributed by atoms with E-state index in [1.165, 1.54) is 4.68 Å². The lowest BCUT2D eigenvalue weighted by atomic mass is 10.2. The highest BCUT2D eigenvalue weighted by molar-refractivity contribution is 6.42. The van der Waals surface area contributed by atoms with Crippen molar-refractivity contribution in [2.75, 3.05) is 13.2 Å². The Morgan fingerprint density at radius 1 is 1.12 bits per heavy atom. The number of hydrogen-bond donors (Lipinski definition) is 2. The minimum absolute atomic E-state index is 0.0421. The number of aliphatic hydroxyl groups excluding tert-OH is 1. The number of rotatable bonds is 5. The molecule has 0 saturated heterocycles. The quantitative estimate of drug-likeness (QED) is 0.672. The standard InChI is InChI=1S/C17H13Cl3N4O2/c18-11-3-1-2-10(8-11)16-22-15(17(26)21-6-7-25)23-24(16)12-4-5-13(19)14(20)9-12/h1-5,8-9,25H,6-7H2,(H,21,26). The second-order valence-corrected chi connectivity index (χ2v) is 6.51. The van der Waals surface area contributed by atoms with E-state index >= 15 is 0 Å². The van der Waals surface area contributed by atoms with Gasteiger partial charge in [-0.05, 0) is 30.3 Å². The van der Waals surface area contributed by atoms with Gasteiger partial charge in [-0.25, -0.2) is 9.67 Å². The summed E-state index contributed by atoms with van der Waals surface area (Å²) in [6.07, 6.45) is 0. The molecule has 2 aromatic carbocycles. The number of benzene rings is 2. The van der Waals surface area contributed by atoms with Crippen LogP contribution in [0.5, 0.6) is 0 Å². The van der Waals surface area contributed by atoms with Gasteiger partial charge in [0.2, 0.25) is 5.82 Å². The van der Waals surface area contributed by atoms with Crippen LogP contribution in [0.3, 0.4) is 0 Å². The Morgan fingerprint density at radius 2 is 1.92 bits per heavy atom. The maximum Gasteiger partial charge on any atom is 0.291 e. The van der Waals surface area contributed by atoms with Crippen LogP contribution >= 0.6 is 34.8 Å². The number of nitrogens with zero attached hydrogens (tertiary/aromatic N) is 3. The lowest BCUT2D eigenvalue weighted by molar-refractivity contribution is 0.0934. The van der Waals surface area contributed by atoms with Crippen LogP contribution < -0.4 is 5.32 Å². The molecule has 1 heterocycles. The van der Waals surface area contributed by atoms with Gasteiger partial charge in [-0.1, -0.05) is 46.9 Å². The number of aromatic nitrogens is 3. The van der Waals surface area contributed by atoms with E-state index in [0.717, 1.165) is 0 Å². The first-order valence-electron chi connectivity index (χ1n) is 7.57. The predicted octanol–water partition coefficient (Wildman–Crippen LogP) is 3.62. The molecule has 134 valence electrons. The molecule has 0 bridgehead atoms. The normalized spacial score (nSPS) is 10.8. The van der Waals surface area contributed by atoms with Gasteiger partial charge in [0.05, 0.1) is 22.3 Å². The number of amides is 1. The summed E-state index contributed by atoms with van der Waals surface area (Å²) in [5.41, 5.74) is 1.26. The minimum Gasteiger partial charge on any atom is -0.395 e. The molecule has 0 unspecified atom stereocenters. The number of nitrogens with one attached hydrogen (secondary N) is 1. The van der Waals surface area contributed by atoms with Crippen molar-refractivity contribution in [1.82, 2.24) is 20.1 Å². The average molecular weight is 412 g/mol. The second kappa shape index (κ2) is 8.05. The van der Waals surface area contributed by atoms with Crippen molar-refractivity contribution in [3.8, 4) is 17.1 Å². The van der Waals surface area contributed by atoms with E-state index in [1.807, 2.05) is 0 Å². The molecule has 0 aliphatic heterocycles. The van der Waals surface area contributed by atoms with E-state index in [2.05, 4.69) is 15.4 Å². The Balaban J connectivity index is 2.12. The van der Waals surface area contributed by atoms with Gasteiger partial charge in [0.25, 0.3) is 5.91 Å². The maximum atomic E-state index is 12.2. The zero-order valence-electron chi connectivity index (χ0n) is 13.3. The van der Waals surface area contributed by atoms with Crippen LogP contribution in [0, 0.1) is 0 Å². The first kappa shape index (κ1) is 18.7. The fraction of sp³-hybridized carbons (Fsp3) is 0.118. The molecule has 26 heavy (non-hydrogen) atoms. The summed E-state index contributed by atoms with van der Waals surface area (Å²) in [5.74, 6) is -0.124. The molecular weight excluding hydrogens is 399 g/mol. The van der Waals surface area contributed by atoms with Crippen LogP contribution in [-0.4, -0.2) is 38.9 Å². The highest BCUT2D eigenvalue weighted by atomic mass is 35.5. The van der Waals surface area contributed by atoms with Crippen molar-refractivity contribution in [2.24, 2.45) is 0 Å². The average Bonchev–Trinajstić information content (AvgIpc) is 3.07. The van der Waals surface area contributed by atoms with Crippen molar-refractivity contribution in [2.45, 2.75) is 0 Å². The third kappa shape index (κ3) is 3.99. The maximum absolute atomic E-state index is 12.2. The molecule has 0 atom stereocenters. The predicted molar refractivity (Wildman–Crippen MR) is 101 cm³/mol. The number of carbonyl (C=O) groups is 1. The van der Waals surface area contributed by atoms with Crippen LogP contribution in [0.1, 0.15) is 10.6 Å². The lowest BCUT2D eigenvalue weighted by Gasteiger charge is -2.07. The SMILES string of the molecule is O=C(NCCO)c1nc(-c2cccc(Cl)c2)n(-c2ccc(Cl)c(Cl)c2)n1. The third-order valence-electron chi connectivity index (χ3n) is 3.44. The molecule has 0 radical (unpaired) electrons. The molecule has 1 aromatic heterocycles. The molecule has 2 N–H and O–H groups in total. The molecule has 0 fully saturated rings. The molecular formula is C17H13Cl3N4O2. The van der Waals surface area contributed by atoms with Crippen LogP contribution in [0.4, 0.5) is 0 Å². The first-order chi connectivity index (χ1) is 12.5. The number of hydrogen-bond acceptors (Lipinski definition) is 4. The van der Waals surface area contributed by atoms with E-state index in [9.17, 15) is 4.79 Å². The molecule has 3 aromatic rings. The first-order valence-corrected chi connectivity index (χ1v) is 8.70. The largest absolute Gasteiger partial charge is 0.395 e. The summed E-state index contributed by atoms with van der Waals surface area (Å²) < 4.78 is 1.49. The van der Waals surface area contributed by atoms with Gasteiger partial charge in [-0.2, -0.15) is 0 Å². The molecule has 3 rings (SSSR count). The molecule has 0 spiro atoms. The summed E-state index contributed by atoms with van der Waals surface area (Å²) in [7, 11) is 0. The second-order valence-electron chi connectivity index (χ2n) is 5.26. The monoisotopic (exact) mass is 410 g/mol. The molecule has 0 aliphatic rings. The van der Waals surface area contributed by atoms with E-state index in [-0.39, 0.29) is 19.0 Å². The Kier molecular flexibility index (Phi) is 5.78. The van der Waals surface area contributed by atoms with E-state index in [0.29, 0.717) is 32.1 Å². The highest BCUT2D eigenvalue weighted by Crippen LogP contribution is 2.28. The topological polar surface area (TPSA) is 80.0 Å². The fourth-order valence-electron chi connectivity index (χ4n) is 2.27. The van der Waals surface area contributed by atoms with Gasteiger partial charge in [0.15, 0.2) is 5.82 Å². The van der Waals surface area contributed by atoms with Gasteiger partial charge in [-0.15, -0.1) is 5.10 Å². The van der Waals surface area contributed by atoms with Gasteiger partial charge in [0.1, 0.15) is 0 Å². The molecule has 1 amide bonds. The van der Waals surface area contributed by atoms with Gasteiger partial charge < -0.3 is 10.4 Å². The zero-order valence-corrected chi connectivity index (χ0v) is 15.6. The third-order valence-corrected chi connectivity index (χ3v) is 4.41. The van der Waals surface area contributed by atoms with Crippen LogP contribution in [0.15, 0.2) is 42.5 Å². The summed E-state index contributed by atoms with van der Waals surface area (Å²) in [5, 5.41) is 16.9. The molecule has 0 saturated carbocycles. The van der Waals surface area contributed by atoms with Crippen molar-refractivity contribution in [1.29, 1.82) is 0 Å². The van der Waals surface area contributed by atoms with Crippen LogP contribution in [-0.2, 0) is 0 Å². The van der Waals surface area contributed by atoms with Crippen LogP contribution in [0.2, 0.25) is 15.1 Å². The summed E-state index contributed by atoms with van der Waals surface area (Å²) in [6.45, 7) is -0.0764. The fourth-order valence-corrected chi connectivity index (χ4v) is 2.75. The van der Waals surface area contributed by atoms with E-state index in [1.54, 1.807) is 42.5 Å². The summed E-state index contributed by atoms with van der Waals surface area (Å²) >= 11 is 18.2. The molecule has 0 aliphatic carbocycles. The summed E-state index contributed by atoms with van der Waals surface area (Å²) in [6, 6.07) is 12.0. The van der Waals surface area contributed by atoms with Crippen molar-refractivity contribution in [3.05, 3.63) is 63.4 Å². The Morgan fingerprint density at radius 3 is 2.62 bits per heavy atom. The van der Waals surface area contributed by atoms with E-state index < -0.39 is 5.91 Å². The Labute approximate surface area is 164 Å². The van der Waals surface area contributed by atoms with Gasteiger partial charge in [-0.3, -0.25) is 4.79 Å². The van der Waals surface area contributed by atoms with Crippen molar-refractivity contribution < 1.29 is 9.90 Å². The van der Waals surface area contributed by atoms with Crippen molar-refractivity contribution >= 4 is 40.7 Å². The number of carbonyl (C=O) groups excluding carboxylic acids is 1. The minimum atomic E-state index is -0.499. The zero-order chi connectivity index (χ0) is 18.7. The van der Waals surface area contributed by atoms with Crippen molar-refractivity contribution in [3.63, 3.8) is 0 Å². The number of aliphatic hydroxyl groups is 1. The Bertz CT molecular complexity index is 959. The van der Waals surface area contributed by atoms with Crippen LogP contribution in [0.25, 0.3) is 17.1 Å². The highest BCUT2D eigenvalue weighted by Gasteiger charge is 2.19. The Hall–Kier alpha value is -2.12. The molecule has 9 heteroatoms. The van der Waals surface area contributed by atoms with Gasteiger partial charge in [0, 0.05) is 17.1 Å². The lowest BCUT2D eigenvalue weighted by Crippen LogP contribution is -2.27. The smallest absolute Gasteiger partial charge is 0.291 e.